The number of aromatic nitrogens is 6. The predicted molar refractivity (Wildman–Crippen MR) is 215 cm³/mol. The topological polar surface area (TPSA) is 187 Å². The predicted octanol–water partition coefficient (Wildman–Crippen LogP) is -1.23. The fourth-order valence-corrected chi connectivity index (χ4v) is 8.17. The first-order chi connectivity index (χ1) is 26.7. The molecule has 0 radical (unpaired) electrons. The van der Waals surface area contributed by atoms with E-state index in [0.717, 1.165) is 194 Å². The van der Waals surface area contributed by atoms with Crippen molar-refractivity contribution in [2.75, 3.05) is 178 Å². The molecule has 4 aliphatic heterocycles. The maximum absolute atomic E-state index is 5.05. The van der Waals surface area contributed by atoms with E-state index in [-0.39, 0.29) is 11.8 Å². The smallest absolute Gasteiger partial charge is 0.227 e. The van der Waals surface area contributed by atoms with E-state index < -0.39 is 0 Å². The van der Waals surface area contributed by atoms with Gasteiger partial charge >= 0.3 is 0 Å². The third kappa shape index (κ3) is 12.5. The lowest BCUT2D eigenvalue weighted by Crippen LogP contribution is -2.45. The molecule has 5 aliphatic rings. The van der Waals surface area contributed by atoms with Crippen molar-refractivity contribution in [2.45, 2.75) is 37.5 Å². The Balaban J connectivity index is 1.03. The fraction of sp³-hybridized carbons (Fsp3) is 0.833. The van der Waals surface area contributed by atoms with Crippen molar-refractivity contribution in [1.29, 1.82) is 0 Å². The minimum absolute atomic E-state index is 0.194. The summed E-state index contributed by atoms with van der Waals surface area (Å²) in [5.41, 5.74) is 0. The lowest BCUT2D eigenvalue weighted by Gasteiger charge is -2.29. The monoisotopic (exact) mass is 751 g/mol. The van der Waals surface area contributed by atoms with E-state index >= 15 is 0 Å². The van der Waals surface area contributed by atoms with Crippen molar-refractivity contribution in [3.05, 3.63) is 11.6 Å². The van der Waals surface area contributed by atoms with Gasteiger partial charge in [0.05, 0.1) is 0 Å². The Bertz CT molecular complexity index is 1190. The largest absolute Gasteiger partial charge is 0.353 e. The minimum Gasteiger partial charge on any atom is -0.353 e. The number of piperazine rings is 4. The second kappa shape index (κ2) is 21.3. The quantitative estimate of drug-likeness (QED) is 0.0905. The standard InChI is InChI=1S/C36H66N18/c1-2-29(31-45-33(41-12-24-51-16-4-37-5-17-51)49-34(46-31)42-13-25-52-18-6-38-7-19-52)28-30(3-1)32-47-35(43-14-26-53-20-8-39-9-21-53)50-36(48-32)44-15-27-54-22-10-40-11-23-54/h29-30,37-40H,1-28H2,(H2,41,42,45,46,49)(H2,43,44,47,48,50). The van der Waals surface area contributed by atoms with Crippen LogP contribution in [0.15, 0.2) is 0 Å². The molecule has 0 aromatic carbocycles. The van der Waals surface area contributed by atoms with Crippen molar-refractivity contribution < 1.29 is 0 Å². The van der Waals surface area contributed by atoms with Gasteiger partial charge in [-0.15, -0.1) is 0 Å². The number of anilines is 4. The zero-order valence-corrected chi connectivity index (χ0v) is 32.4. The van der Waals surface area contributed by atoms with Crippen molar-refractivity contribution >= 4 is 23.8 Å². The summed E-state index contributed by atoms with van der Waals surface area (Å²) in [6.45, 7) is 24.0. The van der Waals surface area contributed by atoms with Gasteiger partial charge in [0.1, 0.15) is 11.6 Å². The van der Waals surface area contributed by atoms with Gasteiger partial charge in [0.2, 0.25) is 23.8 Å². The number of rotatable bonds is 18. The van der Waals surface area contributed by atoms with Crippen molar-refractivity contribution in [2.24, 2.45) is 0 Å². The van der Waals surface area contributed by atoms with Crippen molar-refractivity contribution in [3.63, 3.8) is 0 Å². The zero-order chi connectivity index (χ0) is 36.6. The molecule has 5 fully saturated rings. The van der Waals surface area contributed by atoms with Crippen LogP contribution in [0.4, 0.5) is 23.8 Å². The molecule has 0 bridgehead atoms. The van der Waals surface area contributed by atoms with E-state index in [9.17, 15) is 0 Å². The fourth-order valence-electron chi connectivity index (χ4n) is 8.17. The maximum atomic E-state index is 5.05. The Hall–Kier alpha value is -3.10. The molecule has 54 heavy (non-hydrogen) atoms. The normalized spacial score (nSPS) is 23.9. The Morgan fingerprint density at radius 3 is 0.963 bits per heavy atom. The number of nitrogens with zero attached hydrogens (tertiary/aromatic N) is 10. The Labute approximate surface area is 321 Å². The summed E-state index contributed by atoms with van der Waals surface area (Å²) in [5.74, 6) is 4.76. The Kier molecular flexibility index (Phi) is 15.4. The lowest BCUT2D eigenvalue weighted by atomic mass is 9.80. The van der Waals surface area contributed by atoms with Crippen molar-refractivity contribution in [1.82, 2.24) is 70.8 Å². The molecule has 4 saturated heterocycles. The molecular formula is C36H66N18. The van der Waals surface area contributed by atoms with E-state index in [2.05, 4.69) is 62.1 Å². The summed E-state index contributed by atoms with van der Waals surface area (Å²) < 4.78 is 0. The summed E-state index contributed by atoms with van der Waals surface area (Å²) in [6.07, 6.45) is 4.05. The molecule has 300 valence electrons. The van der Waals surface area contributed by atoms with Gasteiger partial charge in [0.25, 0.3) is 0 Å². The first-order valence-corrected chi connectivity index (χ1v) is 20.9. The Morgan fingerprint density at radius 1 is 0.407 bits per heavy atom. The summed E-state index contributed by atoms with van der Waals surface area (Å²) in [6, 6.07) is 0. The number of hydrogen-bond donors (Lipinski definition) is 8. The van der Waals surface area contributed by atoms with Gasteiger partial charge in [-0.25, -0.2) is 0 Å². The molecule has 0 amide bonds. The second-order valence-corrected chi connectivity index (χ2v) is 15.3. The molecule has 6 heterocycles. The summed E-state index contributed by atoms with van der Waals surface area (Å²) in [4.78, 5) is 39.9. The number of nitrogens with one attached hydrogen (secondary N) is 8. The molecule has 2 aromatic heterocycles. The van der Waals surface area contributed by atoms with Gasteiger partial charge < -0.3 is 42.5 Å². The molecule has 7 rings (SSSR count). The zero-order valence-electron chi connectivity index (χ0n) is 32.4. The van der Waals surface area contributed by atoms with Crippen LogP contribution in [0.2, 0.25) is 0 Å². The molecule has 1 saturated carbocycles. The van der Waals surface area contributed by atoms with Gasteiger partial charge in [0, 0.05) is 169 Å². The van der Waals surface area contributed by atoms with Crippen LogP contribution in [0.1, 0.15) is 49.2 Å². The molecule has 2 unspecified atom stereocenters. The van der Waals surface area contributed by atoms with Crippen LogP contribution >= 0.6 is 0 Å². The van der Waals surface area contributed by atoms with Gasteiger partial charge in [0.15, 0.2) is 0 Å². The van der Waals surface area contributed by atoms with Crippen LogP contribution in [0.3, 0.4) is 0 Å². The molecule has 1 aliphatic carbocycles. The molecule has 0 spiro atoms. The van der Waals surface area contributed by atoms with E-state index in [1.54, 1.807) is 0 Å². The first kappa shape index (κ1) is 39.1. The van der Waals surface area contributed by atoms with Crippen LogP contribution in [-0.2, 0) is 0 Å². The van der Waals surface area contributed by atoms with Gasteiger partial charge in [-0.2, -0.15) is 29.9 Å². The molecule has 2 aromatic rings. The van der Waals surface area contributed by atoms with Gasteiger partial charge in [-0.1, -0.05) is 6.42 Å². The molecular weight excluding hydrogens is 685 g/mol. The highest BCUT2D eigenvalue weighted by atomic mass is 15.3. The van der Waals surface area contributed by atoms with E-state index in [1.807, 2.05) is 0 Å². The number of hydrogen-bond acceptors (Lipinski definition) is 18. The third-order valence-corrected chi connectivity index (χ3v) is 11.4. The highest BCUT2D eigenvalue weighted by Crippen LogP contribution is 2.40. The van der Waals surface area contributed by atoms with Crippen LogP contribution in [-0.4, -0.2) is 207 Å². The SMILES string of the molecule is C1CC(c2nc(NCCN3CCNCC3)nc(NCCN3CCNCC3)n2)CC(c2nc(NCCN3CCNCC3)nc(NCCN3CCNCC3)n2)C1. The summed E-state index contributed by atoms with van der Waals surface area (Å²) in [5, 5.41) is 28.0. The van der Waals surface area contributed by atoms with Crippen LogP contribution in [0.25, 0.3) is 0 Å². The van der Waals surface area contributed by atoms with Crippen molar-refractivity contribution in [3.8, 4) is 0 Å². The summed E-state index contributed by atoms with van der Waals surface area (Å²) >= 11 is 0. The van der Waals surface area contributed by atoms with Crippen LogP contribution < -0.4 is 42.5 Å². The first-order valence-electron chi connectivity index (χ1n) is 20.9. The lowest BCUT2D eigenvalue weighted by molar-refractivity contribution is 0.249. The van der Waals surface area contributed by atoms with E-state index in [1.165, 1.54) is 0 Å². The average Bonchev–Trinajstić information content (AvgIpc) is 3.22. The second-order valence-electron chi connectivity index (χ2n) is 15.3. The molecule has 18 nitrogen and oxygen atoms in total. The highest BCUT2D eigenvalue weighted by Gasteiger charge is 2.30. The molecule has 8 N–H and O–H groups in total. The average molecular weight is 751 g/mol. The van der Waals surface area contributed by atoms with E-state index in [0.29, 0.717) is 23.8 Å². The minimum atomic E-state index is 0.194. The van der Waals surface area contributed by atoms with Crippen LogP contribution in [0, 0.1) is 0 Å². The van der Waals surface area contributed by atoms with Gasteiger partial charge in [-0.3, -0.25) is 19.6 Å². The third-order valence-electron chi connectivity index (χ3n) is 11.4. The maximum Gasteiger partial charge on any atom is 0.227 e. The molecule has 18 heteroatoms. The summed E-state index contributed by atoms with van der Waals surface area (Å²) in [7, 11) is 0. The highest BCUT2D eigenvalue weighted by molar-refractivity contribution is 5.37. The Morgan fingerprint density at radius 2 is 0.685 bits per heavy atom. The van der Waals surface area contributed by atoms with E-state index in [4.69, 9.17) is 29.9 Å². The molecule has 2 atom stereocenters. The van der Waals surface area contributed by atoms with Gasteiger partial charge in [-0.05, 0) is 19.3 Å². The van der Waals surface area contributed by atoms with Crippen LogP contribution in [0.5, 0.6) is 0 Å².